The second-order valence-electron chi connectivity index (χ2n) is 6.87. The van der Waals surface area contributed by atoms with Crippen LogP contribution in [-0.4, -0.2) is 25.8 Å². The lowest BCUT2D eigenvalue weighted by molar-refractivity contribution is -0.144. The monoisotopic (exact) mass is 447 g/mol. The summed E-state index contributed by atoms with van der Waals surface area (Å²) in [4.78, 5) is 12.6. The van der Waals surface area contributed by atoms with Gasteiger partial charge in [0.2, 0.25) is 6.10 Å². The Labute approximate surface area is 190 Å². The molecule has 6 nitrogen and oxygen atoms in total. The highest BCUT2D eigenvalue weighted by molar-refractivity contribution is 6.30. The average molecular weight is 448 g/mol. The molecule has 0 aliphatic carbocycles. The van der Waals surface area contributed by atoms with E-state index < -0.39 is 12.1 Å². The molecule has 1 aliphatic heterocycles. The molecule has 0 radical (unpaired) electrons. The zero-order chi connectivity index (χ0) is 22.5. The standard InChI is InChI=1S/C25H18ClNO5/c1-29-23-13-16(12-18(14-27)17-7-9-19(26)10-8-17)6-11-22(23)32-25(28)24-15-30-20-4-2-3-5-21(20)31-24/h2-13,24H,15H2,1H3/b18-12-/t24-/m1/s1. The number of halogens is 1. The van der Waals surface area contributed by atoms with Crippen LogP contribution in [0.25, 0.3) is 11.6 Å². The number of nitrogens with zero attached hydrogens (tertiary/aromatic N) is 1. The first-order chi connectivity index (χ1) is 15.6. The second kappa shape index (κ2) is 9.46. The van der Waals surface area contributed by atoms with Crippen LogP contribution in [0.2, 0.25) is 5.02 Å². The number of para-hydroxylation sites is 2. The van der Waals surface area contributed by atoms with Gasteiger partial charge in [0.25, 0.3) is 0 Å². The van der Waals surface area contributed by atoms with Gasteiger partial charge in [0, 0.05) is 5.02 Å². The first-order valence-corrected chi connectivity index (χ1v) is 10.1. The molecule has 4 rings (SSSR count). The van der Waals surface area contributed by atoms with Crippen LogP contribution in [0.5, 0.6) is 23.0 Å². The van der Waals surface area contributed by atoms with E-state index in [2.05, 4.69) is 6.07 Å². The maximum Gasteiger partial charge on any atom is 0.356 e. The third kappa shape index (κ3) is 4.69. The smallest absolute Gasteiger partial charge is 0.356 e. The van der Waals surface area contributed by atoms with Crippen LogP contribution in [0.15, 0.2) is 66.7 Å². The Balaban J connectivity index is 1.52. The van der Waals surface area contributed by atoms with Crippen LogP contribution in [-0.2, 0) is 4.79 Å². The van der Waals surface area contributed by atoms with Gasteiger partial charge in [0.15, 0.2) is 23.0 Å². The Morgan fingerprint density at radius 2 is 1.84 bits per heavy atom. The molecule has 1 atom stereocenters. The van der Waals surface area contributed by atoms with E-state index in [4.69, 9.17) is 30.5 Å². The number of nitriles is 1. The van der Waals surface area contributed by atoms with Gasteiger partial charge in [-0.1, -0.05) is 41.9 Å². The minimum Gasteiger partial charge on any atom is -0.493 e. The van der Waals surface area contributed by atoms with Gasteiger partial charge in [-0.2, -0.15) is 5.26 Å². The lowest BCUT2D eigenvalue weighted by Crippen LogP contribution is -2.39. The first kappa shape index (κ1) is 21.3. The van der Waals surface area contributed by atoms with Crippen molar-refractivity contribution in [1.82, 2.24) is 0 Å². The molecule has 0 unspecified atom stereocenters. The van der Waals surface area contributed by atoms with E-state index in [0.717, 1.165) is 5.56 Å². The Bertz CT molecular complexity index is 1210. The van der Waals surface area contributed by atoms with E-state index in [0.29, 0.717) is 33.4 Å². The van der Waals surface area contributed by atoms with Crippen molar-refractivity contribution in [3.63, 3.8) is 0 Å². The fourth-order valence-electron chi connectivity index (χ4n) is 3.14. The van der Waals surface area contributed by atoms with E-state index >= 15 is 0 Å². The Hall–Kier alpha value is -3.95. The molecule has 0 bridgehead atoms. The van der Waals surface area contributed by atoms with Crippen molar-refractivity contribution in [2.45, 2.75) is 6.10 Å². The SMILES string of the molecule is COc1cc(/C=C(/C#N)c2ccc(Cl)cc2)ccc1OC(=O)[C@H]1COc2ccccc2O1. The molecule has 0 aromatic heterocycles. The van der Waals surface area contributed by atoms with E-state index in [1.54, 1.807) is 66.7 Å². The molecule has 0 fully saturated rings. The molecule has 3 aromatic rings. The van der Waals surface area contributed by atoms with Crippen LogP contribution in [0.4, 0.5) is 0 Å². The minimum absolute atomic E-state index is 0.0472. The highest BCUT2D eigenvalue weighted by Gasteiger charge is 2.29. The number of ether oxygens (including phenoxy) is 4. The van der Waals surface area contributed by atoms with E-state index in [-0.39, 0.29) is 12.4 Å². The van der Waals surface area contributed by atoms with Gasteiger partial charge in [0.1, 0.15) is 6.61 Å². The van der Waals surface area contributed by atoms with Crippen molar-refractivity contribution in [2.24, 2.45) is 0 Å². The van der Waals surface area contributed by atoms with Crippen LogP contribution in [0, 0.1) is 11.3 Å². The second-order valence-corrected chi connectivity index (χ2v) is 7.31. The first-order valence-electron chi connectivity index (χ1n) is 9.73. The molecule has 0 N–H and O–H groups in total. The number of hydrogen-bond acceptors (Lipinski definition) is 6. The average Bonchev–Trinajstić information content (AvgIpc) is 2.83. The number of fused-ring (bicyclic) bond motifs is 1. The summed E-state index contributed by atoms with van der Waals surface area (Å²) in [5, 5.41) is 10.1. The van der Waals surface area contributed by atoms with Gasteiger partial charge in [0.05, 0.1) is 18.8 Å². The van der Waals surface area contributed by atoms with Gasteiger partial charge >= 0.3 is 5.97 Å². The number of carbonyl (C=O) groups excluding carboxylic acids is 1. The predicted molar refractivity (Wildman–Crippen MR) is 120 cm³/mol. The molecule has 1 heterocycles. The van der Waals surface area contributed by atoms with Gasteiger partial charge in [-0.15, -0.1) is 0 Å². The third-order valence-electron chi connectivity index (χ3n) is 4.76. The maximum atomic E-state index is 12.6. The zero-order valence-corrected chi connectivity index (χ0v) is 17.8. The van der Waals surface area contributed by atoms with Crippen molar-refractivity contribution in [2.75, 3.05) is 13.7 Å². The van der Waals surface area contributed by atoms with Gasteiger partial charge in [-0.3, -0.25) is 0 Å². The number of methoxy groups -OCH3 is 1. The van der Waals surface area contributed by atoms with Crippen LogP contribution in [0.3, 0.4) is 0 Å². The topological polar surface area (TPSA) is 77.8 Å². The van der Waals surface area contributed by atoms with Crippen LogP contribution in [0.1, 0.15) is 11.1 Å². The summed E-state index contributed by atoms with van der Waals surface area (Å²) in [6, 6.07) is 21.3. The highest BCUT2D eigenvalue weighted by Crippen LogP contribution is 2.33. The molecule has 0 spiro atoms. The summed E-state index contributed by atoms with van der Waals surface area (Å²) in [6.45, 7) is 0.0472. The summed E-state index contributed by atoms with van der Waals surface area (Å²) in [6.07, 6.45) is 0.816. The molecule has 0 amide bonds. The van der Waals surface area contributed by atoms with Crippen molar-refractivity contribution in [1.29, 1.82) is 5.26 Å². The highest BCUT2D eigenvalue weighted by atomic mass is 35.5. The van der Waals surface area contributed by atoms with E-state index in [1.165, 1.54) is 7.11 Å². The van der Waals surface area contributed by atoms with E-state index in [9.17, 15) is 10.1 Å². The van der Waals surface area contributed by atoms with Gasteiger partial charge < -0.3 is 18.9 Å². The van der Waals surface area contributed by atoms with E-state index in [1.807, 2.05) is 6.07 Å². The van der Waals surface area contributed by atoms with Crippen LogP contribution >= 0.6 is 11.6 Å². The quantitative estimate of drug-likeness (QED) is 0.233. The summed E-state index contributed by atoms with van der Waals surface area (Å²) < 4.78 is 22.2. The number of carbonyl (C=O) groups is 1. The number of rotatable bonds is 5. The van der Waals surface area contributed by atoms with Crippen LogP contribution < -0.4 is 18.9 Å². The Kier molecular flexibility index (Phi) is 6.29. The lowest BCUT2D eigenvalue weighted by Gasteiger charge is -2.25. The van der Waals surface area contributed by atoms with Crippen molar-refractivity contribution in [3.05, 3.63) is 82.9 Å². The molecule has 32 heavy (non-hydrogen) atoms. The number of hydrogen-bond donors (Lipinski definition) is 0. The number of benzene rings is 3. The van der Waals surface area contributed by atoms with Gasteiger partial charge in [-0.05, 0) is 53.6 Å². The Morgan fingerprint density at radius 1 is 1.09 bits per heavy atom. The predicted octanol–water partition coefficient (Wildman–Crippen LogP) is 5.16. The minimum atomic E-state index is -0.899. The molecule has 1 aliphatic rings. The summed E-state index contributed by atoms with van der Waals surface area (Å²) in [7, 11) is 1.47. The summed E-state index contributed by atoms with van der Waals surface area (Å²) in [5.41, 5.74) is 1.90. The number of allylic oxidation sites excluding steroid dienone is 1. The molecular formula is C25H18ClNO5. The molecular weight excluding hydrogens is 430 g/mol. The van der Waals surface area contributed by atoms with Gasteiger partial charge in [-0.25, -0.2) is 4.79 Å². The Morgan fingerprint density at radius 3 is 2.56 bits per heavy atom. The molecule has 7 heteroatoms. The van der Waals surface area contributed by atoms with Crippen molar-refractivity contribution >= 4 is 29.2 Å². The summed E-state index contributed by atoms with van der Waals surface area (Å²) >= 11 is 5.92. The lowest BCUT2D eigenvalue weighted by atomic mass is 10.0. The van der Waals surface area contributed by atoms with Crippen molar-refractivity contribution in [3.8, 4) is 29.1 Å². The molecule has 3 aromatic carbocycles. The maximum absolute atomic E-state index is 12.6. The number of esters is 1. The fourth-order valence-corrected chi connectivity index (χ4v) is 3.27. The zero-order valence-electron chi connectivity index (χ0n) is 17.1. The normalized spacial score (nSPS) is 14.9. The van der Waals surface area contributed by atoms with Crippen molar-refractivity contribution < 1.29 is 23.7 Å². The molecule has 160 valence electrons. The third-order valence-corrected chi connectivity index (χ3v) is 5.01. The summed E-state index contributed by atoms with van der Waals surface area (Å²) in [5.74, 6) is 1.05. The largest absolute Gasteiger partial charge is 0.493 e. The molecule has 0 saturated carbocycles. The fraction of sp³-hybridized carbons (Fsp3) is 0.120. The molecule has 0 saturated heterocycles.